The largest absolute Gasteiger partial charge is 0.394 e. The molecule has 3 fully saturated rings. The molecule has 17 unspecified atom stereocenters. The van der Waals surface area contributed by atoms with Gasteiger partial charge in [0.25, 0.3) is 0 Å². The minimum atomic E-state index is -1.97. The summed E-state index contributed by atoms with van der Waals surface area (Å²) >= 11 is 0. The van der Waals surface area contributed by atoms with E-state index in [1.54, 1.807) is 0 Å². The summed E-state index contributed by atoms with van der Waals surface area (Å²) in [5.41, 5.74) is 0. The standard InChI is InChI=1S/C77H139NO18/c1-3-5-7-9-11-13-15-17-19-21-23-25-27-29-30-31-33-35-37-39-41-43-45-47-49-51-53-55-65(83)78-60(61(82)54-52-50-48-46-44-42-40-38-36-34-32-28-26-24-22-20-18-16-14-12-10-8-6-4-2)59-91-75-71(89)68(86)73(63(57-80)93-75)96-77-72(90)69(87)74(64(58-81)94-77)95-76-70(88)67(85)66(84)62(56-79)92-76/h5,7,11,13,17,19,23,25,29-30,60-64,66-77,79-82,84-90H,3-4,6,8-10,12,14-16,18,20-22,24,26-28,31-59H2,1-2H3,(H,78,83)/b7-5-,13-11-,19-17-,25-23-,30-29-. The zero-order chi connectivity index (χ0) is 69.6. The summed E-state index contributed by atoms with van der Waals surface area (Å²) in [5, 5.41) is 121. The molecule has 0 aromatic carbocycles. The number of hydrogen-bond donors (Lipinski definition) is 12. The molecule has 3 aliphatic heterocycles. The van der Waals surface area contributed by atoms with Gasteiger partial charge in [0.1, 0.15) is 73.2 Å². The van der Waals surface area contributed by atoms with Crippen LogP contribution in [0.15, 0.2) is 60.8 Å². The number of allylic oxidation sites excluding steroid dienone is 10. The third-order valence-electron chi connectivity index (χ3n) is 19.1. The summed E-state index contributed by atoms with van der Waals surface area (Å²) in [7, 11) is 0. The zero-order valence-corrected chi connectivity index (χ0v) is 59.6. The normalized spacial score (nSPS) is 27.4. The quantitative estimate of drug-likeness (QED) is 0.0199. The van der Waals surface area contributed by atoms with Gasteiger partial charge >= 0.3 is 0 Å². The van der Waals surface area contributed by atoms with Crippen molar-refractivity contribution in [3.8, 4) is 0 Å². The van der Waals surface area contributed by atoms with E-state index in [0.29, 0.717) is 12.8 Å². The Balaban J connectivity index is 1.39. The minimum Gasteiger partial charge on any atom is -0.394 e. The molecule has 1 amide bonds. The summed E-state index contributed by atoms with van der Waals surface area (Å²) in [6.45, 7) is 1.72. The molecule has 96 heavy (non-hydrogen) atoms. The molecule has 0 spiro atoms. The number of rotatable bonds is 60. The summed E-state index contributed by atoms with van der Waals surface area (Å²) < 4.78 is 34.5. The molecule has 0 saturated carbocycles. The maximum Gasteiger partial charge on any atom is 0.220 e. The lowest BCUT2D eigenvalue weighted by Gasteiger charge is -2.48. The molecule has 3 heterocycles. The summed E-state index contributed by atoms with van der Waals surface area (Å²) in [6.07, 6.45) is 45.8. The van der Waals surface area contributed by atoms with E-state index in [-0.39, 0.29) is 18.9 Å². The molecule has 0 aromatic heterocycles. The predicted octanol–water partition coefficient (Wildman–Crippen LogP) is 11.9. The highest BCUT2D eigenvalue weighted by molar-refractivity contribution is 5.76. The number of unbranched alkanes of at least 4 members (excludes halogenated alkanes) is 34. The van der Waals surface area contributed by atoms with Crippen molar-refractivity contribution in [2.75, 3.05) is 26.4 Å². The molecule has 3 rings (SSSR count). The van der Waals surface area contributed by atoms with Gasteiger partial charge < -0.3 is 89.9 Å². The Morgan fingerprint density at radius 2 is 0.719 bits per heavy atom. The number of amides is 1. The molecule has 19 heteroatoms. The molecular formula is C77H139NO18. The second-order valence-corrected chi connectivity index (χ2v) is 27.4. The van der Waals surface area contributed by atoms with Crippen molar-refractivity contribution in [3.63, 3.8) is 0 Å². The molecule has 0 aromatic rings. The molecule has 0 bridgehead atoms. The van der Waals surface area contributed by atoms with Gasteiger partial charge in [-0.05, 0) is 57.8 Å². The highest BCUT2D eigenvalue weighted by atomic mass is 16.8. The van der Waals surface area contributed by atoms with Crippen LogP contribution in [-0.4, -0.2) is 193 Å². The Bertz CT molecular complexity index is 1970. The van der Waals surface area contributed by atoms with Gasteiger partial charge in [-0.3, -0.25) is 4.79 Å². The average molecular weight is 1370 g/mol. The predicted molar refractivity (Wildman–Crippen MR) is 379 cm³/mol. The van der Waals surface area contributed by atoms with E-state index in [1.807, 2.05) is 0 Å². The fourth-order valence-electron chi connectivity index (χ4n) is 12.9. The van der Waals surface area contributed by atoms with E-state index < -0.39 is 124 Å². The minimum absolute atomic E-state index is 0.245. The second-order valence-electron chi connectivity index (χ2n) is 27.4. The molecule has 3 saturated heterocycles. The van der Waals surface area contributed by atoms with Crippen LogP contribution in [0.1, 0.15) is 290 Å². The second kappa shape index (κ2) is 58.0. The Morgan fingerprint density at radius 1 is 0.385 bits per heavy atom. The van der Waals surface area contributed by atoms with Crippen LogP contribution in [0.2, 0.25) is 0 Å². The van der Waals surface area contributed by atoms with Crippen molar-refractivity contribution in [2.45, 2.75) is 394 Å². The number of hydrogen-bond acceptors (Lipinski definition) is 18. The van der Waals surface area contributed by atoms with Gasteiger partial charge in [-0.2, -0.15) is 0 Å². The fourth-order valence-corrected chi connectivity index (χ4v) is 12.9. The van der Waals surface area contributed by atoms with Gasteiger partial charge in [0, 0.05) is 6.42 Å². The first-order valence-electron chi connectivity index (χ1n) is 38.5. The molecular weight excluding hydrogens is 1230 g/mol. The van der Waals surface area contributed by atoms with E-state index in [9.17, 15) is 61.0 Å². The van der Waals surface area contributed by atoms with Gasteiger partial charge in [0.2, 0.25) is 5.91 Å². The van der Waals surface area contributed by atoms with E-state index >= 15 is 0 Å². The van der Waals surface area contributed by atoms with Crippen molar-refractivity contribution in [1.29, 1.82) is 0 Å². The number of nitrogens with one attached hydrogen (secondary N) is 1. The van der Waals surface area contributed by atoms with E-state index in [2.05, 4.69) is 79.9 Å². The van der Waals surface area contributed by atoms with Crippen LogP contribution in [-0.2, 0) is 33.2 Å². The third kappa shape index (κ3) is 38.5. The monoisotopic (exact) mass is 1370 g/mol. The van der Waals surface area contributed by atoms with E-state index in [1.165, 1.54) is 173 Å². The van der Waals surface area contributed by atoms with Crippen LogP contribution in [0.3, 0.4) is 0 Å². The van der Waals surface area contributed by atoms with E-state index in [0.717, 1.165) is 83.5 Å². The van der Waals surface area contributed by atoms with Gasteiger partial charge in [0.05, 0.1) is 38.6 Å². The number of carbonyl (C=O) groups excluding carboxylic acids is 1. The maximum absolute atomic E-state index is 13.5. The number of aliphatic hydroxyl groups excluding tert-OH is 11. The average Bonchev–Trinajstić information content (AvgIpc) is 1.09. The van der Waals surface area contributed by atoms with Crippen molar-refractivity contribution in [3.05, 3.63) is 60.8 Å². The summed E-state index contributed by atoms with van der Waals surface area (Å²) in [6, 6.07) is -0.893. The topological polar surface area (TPSA) is 307 Å². The van der Waals surface area contributed by atoms with E-state index in [4.69, 9.17) is 28.4 Å². The molecule has 19 nitrogen and oxygen atoms in total. The summed E-state index contributed by atoms with van der Waals surface area (Å²) in [5.74, 6) is -0.245. The smallest absolute Gasteiger partial charge is 0.220 e. The molecule has 17 atom stereocenters. The van der Waals surface area contributed by atoms with Crippen molar-refractivity contribution >= 4 is 5.91 Å². The Hall–Kier alpha value is -2.51. The SMILES string of the molecule is CC/C=C\C/C=C\C/C=C\C/C=C\C/C=C\CCCCCCCCCCCCCC(=O)NC(COC1OC(CO)C(OC2OC(CO)C(OC3OC(CO)C(O)C(O)C3O)C(O)C2O)C(O)C1O)C(O)CCCCCCCCCCCCCCCCCCCCCCCCCC. The number of aliphatic hydroxyl groups is 11. The Morgan fingerprint density at radius 3 is 1.12 bits per heavy atom. The van der Waals surface area contributed by atoms with Gasteiger partial charge in [-0.25, -0.2) is 0 Å². The number of ether oxygens (including phenoxy) is 6. The molecule has 0 aliphatic carbocycles. The zero-order valence-electron chi connectivity index (χ0n) is 59.6. The maximum atomic E-state index is 13.5. The van der Waals surface area contributed by atoms with Crippen LogP contribution in [0, 0.1) is 0 Å². The Labute approximate surface area is 579 Å². The first-order chi connectivity index (χ1) is 46.8. The van der Waals surface area contributed by atoms with Crippen LogP contribution >= 0.6 is 0 Å². The van der Waals surface area contributed by atoms with Gasteiger partial charge in [-0.1, -0.05) is 286 Å². The highest BCUT2D eigenvalue weighted by Crippen LogP contribution is 2.33. The van der Waals surface area contributed by atoms with Crippen molar-refractivity contribution in [2.24, 2.45) is 0 Å². The molecule has 12 N–H and O–H groups in total. The first kappa shape index (κ1) is 87.7. The fraction of sp³-hybridized carbons (Fsp3) is 0.857. The lowest BCUT2D eigenvalue weighted by atomic mass is 9.96. The van der Waals surface area contributed by atoms with Crippen molar-refractivity contribution < 1.29 is 89.4 Å². The lowest BCUT2D eigenvalue weighted by molar-refractivity contribution is -0.379. The van der Waals surface area contributed by atoms with Gasteiger partial charge in [-0.15, -0.1) is 0 Å². The lowest BCUT2D eigenvalue weighted by Crippen LogP contribution is -2.66. The first-order valence-corrected chi connectivity index (χ1v) is 38.5. The van der Waals surface area contributed by atoms with Crippen LogP contribution < -0.4 is 5.32 Å². The number of carbonyl (C=O) groups is 1. The van der Waals surface area contributed by atoms with Gasteiger partial charge in [0.15, 0.2) is 18.9 Å². The summed E-state index contributed by atoms with van der Waals surface area (Å²) in [4.78, 5) is 13.5. The molecule has 560 valence electrons. The third-order valence-corrected chi connectivity index (χ3v) is 19.1. The van der Waals surface area contributed by atoms with Crippen molar-refractivity contribution in [1.82, 2.24) is 5.32 Å². The molecule has 0 radical (unpaired) electrons. The molecule has 3 aliphatic rings. The van der Waals surface area contributed by atoms with Crippen LogP contribution in [0.4, 0.5) is 0 Å². The van der Waals surface area contributed by atoms with Crippen LogP contribution in [0.5, 0.6) is 0 Å². The Kier molecular flexibility index (Phi) is 53.0. The highest BCUT2D eigenvalue weighted by Gasteiger charge is 2.53. The van der Waals surface area contributed by atoms with Crippen LogP contribution in [0.25, 0.3) is 0 Å².